The van der Waals surface area contributed by atoms with Gasteiger partial charge in [-0.2, -0.15) is 0 Å². The molecule has 5 nitrogen and oxygen atoms in total. The van der Waals surface area contributed by atoms with Crippen molar-refractivity contribution in [2.45, 2.75) is 18.9 Å². The number of carboxylic acids is 1. The van der Waals surface area contributed by atoms with Crippen LogP contribution in [0, 0.1) is 12.3 Å². The molecule has 6 heteroatoms. The molecule has 4 aromatic rings. The highest BCUT2D eigenvalue weighted by Gasteiger charge is 2.14. The highest BCUT2D eigenvalue weighted by Crippen LogP contribution is 2.38. The minimum Gasteiger partial charge on any atom is -0.494 e. The first kappa shape index (κ1) is 21.4. The van der Waals surface area contributed by atoms with Gasteiger partial charge in [0.15, 0.2) is 0 Å². The molecule has 0 saturated heterocycles. The Labute approximate surface area is 190 Å². The minimum atomic E-state index is -0.916. The van der Waals surface area contributed by atoms with E-state index in [1.54, 1.807) is 30.8 Å². The molecule has 0 aliphatic carbocycles. The Hall–Kier alpha value is -3.82. The van der Waals surface area contributed by atoms with Gasteiger partial charge in [-0.25, -0.2) is 0 Å². The van der Waals surface area contributed by atoms with Crippen LogP contribution in [-0.2, 0) is 11.4 Å². The molecule has 1 N–H and O–H groups in total. The Morgan fingerprint density at radius 1 is 1.19 bits per heavy atom. The molecule has 160 valence electrons. The van der Waals surface area contributed by atoms with E-state index in [0.29, 0.717) is 12.4 Å². The molecule has 1 atom stereocenters. The number of ether oxygens (including phenoxy) is 2. The van der Waals surface area contributed by atoms with Crippen LogP contribution in [0.15, 0.2) is 66.3 Å². The summed E-state index contributed by atoms with van der Waals surface area (Å²) >= 11 is 1.69. The summed E-state index contributed by atoms with van der Waals surface area (Å²) in [6.07, 6.45) is 8.87. The largest absolute Gasteiger partial charge is 0.494 e. The molecular formula is C26H21NO4S. The number of rotatable bonds is 8. The number of pyridine rings is 1. The SMILES string of the molecule is C#C[C@@H](CC(=O)O)c1ccc(OCc2ccc3scc(-c4ccncc4OC)c3c2)cc1. The molecule has 0 spiro atoms. The number of carboxylic acid groups (broad SMARTS) is 1. The molecule has 0 amide bonds. The highest BCUT2D eigenvalue weighted by atomic mass is 32.1. The summed E-state index contributed by atoms with van der Waals surface area (Å²) in [5, 5.41) is 12.3. The number of thiophene rings is 1. The lowest BCUT2D eigenvalue weighted by Gasteiger charge is -2.11. The maximum Gasteiger partial charge on any atom is 0.304 e. The van der Waals surface area contributed by atoms with E-state index in [2.05, 4.69) is 34.5 Å². The summed E-state index contributed by atoms with van der Waals surface area (Å²) in [6.45, 7) is 0.408. The van der Waals surface area contributed by atoms with Crippen LogP contribution in [-0.4, -0.2) is 23.2 Å². The van der Waals surface area contributed by atoms with Gasteiger partial charge in [-0.1, -0.05) is 24.1 Å². The van der Waals surface area contributed by atoms with Crippen LogP contribution in [0.5, 0.6) is 11.5 Å². The topological polar surface area (TPSA) is 68.7 Å². The van der Waals surface area contributed by atoms with Gasteiger partial charge in [-0.15, -0.1) is 17.8 Å². The van der Waals surface area contributed by atoms with E-state index in [0.717, 1.165) is 33.4 Å². The van der Waals surface area contributed by atoms with Crippen LogP contribution in [0.2, 0.25) is 0 Å². The number of terminal acetylenes is 1. The molecule has 2 heterocycles. The lowest BCUT2D eigenvalue weighted by atomic mass is 9.97. The first-order valence-electron chi connectivity index (χ1n) is 9.98. The van der Waals surface area contributed by atoms with Crippen molar-refractivity contribution in [3.63, 3.8) is 0 Å². The fraction of sp³-hybridized carbons (Fsp3) is 0.154. The van der Waals surface area contributed by atoms with Crippen LogP contribution < -0.4 is 9.47 Å². The summed E-state index contributed by atoms with van der Waals surface area (Å²) in [7, 11) is 1.65. The van der Waals surface area contributed by atoms with Gasteiger partial charge >= 0.3 is 5.97 Å². The van der Waals surface area contributed by atoms with Gasteiger partial charge in [0.2, 0.25) is 0 Å². The Morgan fingerprint density at radius 3 is 2.72 bits per heavy atom. The zero-order chi connectivity index (χ0) is 22.5. The van der Waals surface area contributed by atoms with Gasteiger partial charge in [-0.05, 0) is 46.8 Å². The predicted molar refractivity (Wildman–Crippen MR) is 126 cm³/mol. The Kier molecular flexibility index (Phi) is 6.39. The molecule has 2 aromatic heterocycles. The van der Waals surface area contributed by atoms with Crippen molar-refractivity contribution in [3.05, 3.63) is 77.4 Å². The van der Waals surface area contributed by atoms with Gasteiger partial charge in [0.05, 0.1) is 25.6 Å². The normalized spacial score (nSPS) is 11.6. The fourth-order valence-electron chi connectivity index (χ4n) is 3.55. The lowest BCUT2D eigenvalue weighted by Crippen LogP contribution is -2.04. The number of nitrogens with zero attached hydrogens (tertiary/aromatic N) is 1. The summed E-state index contributed by atoms with van der Waals surface area (Å²) < 4.78 is 12.6. The minimum absolute atomic E-state index is 0.0953. The highest BCUT2D eigenvalue weighted by molar-refractivity contribution is 7.17. The average molecular weight is 444 g/mol. The Balaban J connectivity index is 1.52. The molecular weight excluding hydrogens is 422 g/mol. The Morgan fingerprint density at radius 2 is 2.00 bits per heavy atom. The van der Waals surface area contributed by atoms with Crippen molar-refractivity contribution in [3.8, 4) is 35.0 Å². The van der Waals surface area contributed by atoms with Crippen molar-refractivity contribution in [1.29, 1.82) is 0 Å². The third-order valence-electron chi connectivity index (χ3n) is 5.20. The number of carbonyl (C=O) groups is 1. The molecule has 0 bridgehead atoms. The molecule has 4 rings (SSSR count). The third kappa shape index (κ3) is 4.58. The number of fused-ring (bicyclic) bond motifs is 1. The van der Waals surface area contributed by atoms with Crippen molar-refractivity contribution in [2.75, 3.05) is 7.11 Å². The van der Waals surface area contributed by atoms with E-state index in [-0.39, 0.29) is 6.42 Å². The number of methoxy groups -OCH3 is 1. The number of hydrogen-bond donors (Lipinski definition) is 1. The number of benzene rings is 2. The van der Waals surface area contributed by atoms with Crippen molar-refractivity contribution in [2.24, 2.45) is 0 Å². The molecule has 0 fully saturated rings. The second-order valence-corrected chi connectivity index (χ2v) is 8.14. The fourth-order valence-corrected chi connectivity index (χ4v) is 4.49. The van der Waals surface area contributed by atoms with Crippen LogP contribution >= 0.6 is 11.3 Å². The maximum atomic E-state index is 11.0. The van der Waals surface area contributed by atoms with Crippen LogP contribution in [0.3, 0.4) is 0 Å². The average Bonchev–Trinajstić information content (AvgIpc) is 3.24. The van der Waals surface area contributed by atoms with E-state index in [1.165, 1.54) is 4.70 Å². The zero-order valence-electron chi connectivity index (χ0n) is 17.4. The lowest BCUT2D eigenvalue weighted by molar-refractivity contribution is -0.137. The van der Waals surface area contributed by atoms with E-state index in [9.17, 15) is 4.79 Å². The molecule has 0 saturated carbocycles. The first-order chi connectivity index (χ1) is 15.6. The van der Waals surface area contributed by atoms with Crippen LogP contribution in [0.1, 0.15) is 23.5 Å². The molecule has 32 heavy (non-hydrogen) atoms. The summed E-state index contributed by atoms with van der Waals surface area (Å²) in [6, 6.07) is 15.5. The van der Waals surface area contributed by atoms with Crippen molar-refractivity contribution in [1.82, 2.24) is 4.98 Å². The van der Waals surface area contributed by atoms with Gasteiger partial charge in [0, 0.05) is 27.4 Å². The molecule has 0 aliphatic rings. The second kappa shape index (κ2) is 9.54. The summed E-state index contributed by atoms with van der Waals surface area (Å²) in [5.74, 6) is 2.60. The Bertz CT molecular complexity index is 1290. The summed E-state index contributed by atoms with van der Waals surface area (Å²) in [5.41, 5.74) is 3.94. The van der Waals surface area contributed by atoms with E-state index >= 15 is 0 Å². The van der Waals surface area contributed by atoms with E-state index in [4.69, 9.17) is 21.0 Å². The van der Waals surface area contributed by atoms with Crippen LogP contribution in [0.4, 0.5) is 0 Å². The standard InChI is InChI=1S/C26H21NO4S/c1-3-18(13-26(28)29)19-5-7-20(8-6-19)31-15-17-4-9-25-22(12-17)23(16-32-25)21-10-11-27-14-24(21)30-2/h1,4-12,14,16,18H,13,15H2,2H3,(H,28,29)/t18-/m0/s1. The molecule has 2 aromatic carbocycles. The van der Waals surface area contributed by atoms with Gasteiger partial charge in [0.25, 0.3) is 0 Å². The van der Waals surface area contributed by atoms with Crippen LogP contribution in [0.25, 0.3) is 21.2 Å². The molecule has 0 aliphatic heterocycles. The van der Waals surface area contributed by atoms with E-state index < -0.39 is 11.9 Å². The molecule has 0 radical (unpaired) electrons. The van der Waals surface area contributed by atoms with Gasteiger partial charge < -0.3 is 14.6 Å². The monoisotopic (exact) mass is 443 g/mol. The van der Waals surface area contributed by atoms with Gasteiger partial charge in [-0.3, -0.25) is 9.78 Å². The number of aliphatic carboxylic acids is 1. The zero-order valence-corrected chi connectivity index (χ0v) is 18.3. The smallest absolute Gasteiger partial charge is 0.304 e. The molecule has 0 unspecified atom stereocenters. The third-order valence-corrected chi connectivity index (χ3v) is 6.16. The maximum absolute atomic E-state index is 11.0. The first-order valence-corrected chi connectivity index (χ1v) is 10.9. The summed E-state index contributed by atoms with van der Waals surface area (Å²) in [4.78, 5) is 15.1. The number of aromatic nitrogens is 1. The van der Waals surface area contributed by atoms with Gasteiger partial charge in [0.1, 0.15) is 18.1 Å². The van der Waals surface area contributed by atoms with Crippen molar-refractivity contribution >= 4 is 27.4 Å². The van der Waals surface area contributed by atoms with E-state index in [1.807, 2.05) is 30.3 Å². The quantitative estimate of drug-likeness (QED) is 0.352. The predicted octanol–water partition coefficient (Wildman–Crippen LogP) is 5.74. The van der Waals surface area contributed by atoms with Crippen molar-refractivity contribution < 1.29 is 19.4 Å². The number of hydrogen-bond acceptors (Lipinski definition) is 5. The second-order valence-electron chi connectivity index (χ2n) is 7.23.